The fourth-order valence-corrected chi connectivity index (χ4v) is 1.11. The van der Waals surface area contributed by atoms with E-state index in [0.29, 0.717) is 13.2 Å². The van der Waals surface area contributed by atoms with Crippen molar-refractivity contribution >= 4 is 11.9 Å². The van der Waals surface area contributed by atoms with Crippen LogP contribution in [-0.2, 0) is 15.8 Å². The van der Waals surface area contributed by atoms with Crippen LogP contribution in [0.1, 0.15) is 5.56 Å². The lowest BCUT2D eigenvalue weighted by Crippen LogP contribution is -2.19. The Balaban J connectivity index is 0.000000626. The third kappa shape index (κ3) is 8.80. The molecule has 0 aromatic heterocycles. The monoisotopic (exact) mass is 323 g/mol. The number of nitrogens with zero attached hydrogens (tertiary/aromatic N) is 1. The molecule has 0 amide bonds. The van der Waals surface area contributed by atoms with Gasteiger partial charge in [0.05, 0.1) is 5.56 Å². The normalized spacial score (nSPS) is 10.6. The molecule has 0 unspecified atom stereocenters. The van der Waals surface area contributed by atoms with E-state index in [4.69, 9.17) is 24.5 Å². The molecule has 9 heteroatoms. The van der Waals surface area contributed by atoms with Crippen molar-refractivity contribution in [2.24, 2.45) is 0 Å². The van der Waals surface area contributed by atoms with E-state index in [9.17, 15) is 13.2 Å². The van der Waals surface area contributed by atoms with Gasteiger partial charge >= 0.3 is 18.1 Å². The fourth-order valence-electron chi connectivity index (χ4n) is 1.11. The van der Waals surface area contributed by atoms with Gasteiger partial charge in [-0.05, 0) is 32.3 Å². The molecule has 0 radical (unpaired) electrons. The number of carbonyl (C=O) groups is 2. The number of aliphatic carboxylic acids is 2. The highest BCUT2D eigenvalue weighted by Gasteiger charge is 2.30. The Morgan fingerprint density at radius 2 is 1.73 bits per heavy atom. The minimum atomic E-state index is -4.32. The first kappa shape index (κ1) is 19.7. The van der Waals surface area contributed by atoms with Crippen LogP contribution in [0, 0.1) is 0 Å². The third-order valence-corrected chi connectivity index (χ3v) is 2.15. The van der Waals surface area contributed by atoms with Crippen molar-refractivity contribution in [2.45, 2.75) is 6.18 Å². The van der Waals surface area contributed by atoms with E-state index in [1.165, 1.54) is 12.1 Å². The first-order valence-corrected chi connectivity index (χ1v) is 5.95. The molecule has 1 rings (SSSR count). The smallest absolute Gasteiger partial charge is 0.416 e. The van der Waals surface area contributed by atoms with Gasteiger partial charge in [-0.25, -0.2) is 9.59 Å². The number of carboxylic acids is 2. The van der Waals surface area contributed by atoms with Crippen LogP contribution in [0.5, 0.6) is 5.75 Å². The second-order valence-electron chi connectivity index (χ2n) is 4.29. The second kappa shape index (κ2) is 8.88. The van der Waals surface area contributed by atoms with E-state index in [-0.39, 0.29) is 5.75 Å². The van der Waals surface area contributed by atoms with E-state index in [2.05, 4.69) is 0 Å². The average Bonchev–Trinajstić information content (AvgIpc) is 2.38. The molecule has 1 aromatic rings. The summed E-state index contributed by atoms with van der Waals surface area (Å²) in [5.74, 6) is -3.40. The van der Waals surface area contributed by atoms with Crippen molar-refractivity contribution in [2.75, 3.05) is 27.2 Å². The van der Waals surface area contributed by atoms with E-state index in [0.717, 1.165) is 12.1 Å². The molecule has 0 aliphatic heterocycles. The van der Waals surface area contributed by atoms with Crippen molar-refractivity contribution in [3.63, 3.8) is 0 Å². The molecule has 0 aliphatic rings. The number of benzene rings is 1. The molecule has 1 aromatic carbocycles. The summed E-state index contributed by atoms with van der Waals surface area (Å²) in [5.41, 5.74) is -0.685. The average molecular weight is 323 g/mol. The highest BCUT2D eigenvalue weighted by Crippen LogP contribution is 2.31. The third-order valence-electron chi connectivity index (χ3n) is 2.15. The van der Waals surface area contributed by atoms with E-state index >= 15 is 0 Å². The van der Waals surface area contributed by atoms with Gasteiger partial charge in [0.25, 0.3) is 0 Å². The second-order valence-corrected chi connectivity index (χ2v) is 4.29. The van der Waals surface area contributed by atoms with Crippen LogP contribution >= 0.6 is 0 Å². The summed E-state index contributed by atoms with van der Waals surface area (Å²) in [4.78, 5) is 20.1. The first-order valence-electron chi connectivity index (χ1n) is 5.95. The fraction of sp³-hybridized carbons (Fsp3) is 0.385. The van der Waals surface area contributed by atoms with Crippen LogP contribution in [0.4, 0.5) is 13.2 Å². The van der Waals surface area contributed by atoms with Crippen molar-refractivity contribution in [1.82, 2.24) is 4.90 Å². The zero-order valence-electron chi connectivity index (χ0n) is 11.9. The highest BCUT2D eigenvalue weighted by atomic mass is 19.4. The van der Waals surface area contributed by atoms with Crippen LogP contribution in [0.2, 0.25) is 0 Å². The van der Waals surface area contributed by atoms with Gasteiger partial charge in [-0.3, -0.25) is 0 Å². The Morgan fingerprint density at radius 3 is 2.14 bits per heavy atom. The molecule has 22 heavy (non-hydrogen) atoms. The molecule has 0 saturated heterocycles. The van der Waals surface area contributed by atoms with Gasteiger partial charge in [-0.2, -0.15) is 13.2 Å². The quantitative estimate of drug-likeness (QED) is 0.822. The number of carboxylic acid groups (broad SMARTS) is 2. The lowest BCUT2D eigenvalue weighted by molar-refractivity contribution is -0.159. The number of likely N-dealkylation sites (N-methyl/N-ethyl adjacent to an activating group) is 1. The van der Waals surface area contributed by atoms with Gasteiger partial charge < -0.3 is 19.8 Å². The number of alkyl halides is 3. The van der Waals surface area contributed by atoms with Crippen molar-refractivity contribution in [3.8, 4) is 5.75 Å². The minimum Gasteiger partial charge on any atom is -0.492 e. The van der Waals surface area contributed by atoms with Crippen LogP contribution in [0.15, 0.2) is 24.3 Å². The van der Waals surface area contributed by atoms with Gasteiger partial charge in [0.1, 0.15) is 12.4 Å². The predicted octanol–water partition coefficient (Wildman–Crippen LogP) is 1.80. The van der Waals surface area contributed by atoms with Gasteiger partial charge in [0.15, 0.2) is 0 Å². The number of halogens is 3. The lowest BCUT2D eigenvalue weighted by Gasteiger charge is -2.12. The summed E-state index contributed by atoms with van der Waals surface area (Å²) < 4.78 is 42.3. The summed E-state index contributed by atoms with van der Waals surface area (Å²) in [6.45, 7) is 1.03. The van der Waals surface area contributed by atoms with Crippen LogP contribution < -0.4 is 4.74 Å². The van der Waals surface area contributed by atoms with E-state index in [1.54, 1.807) is 0 Å². The standard InChI is InChI=1S/C11H14F3NO.C2H2O4/c1-15(2)6-7-16-10-5-3-4-9(8-10)11(12,13)14;3-1(4)2(5)6/h3-5,8H,6-7H2,1-2H3;(H,3,4)(H,5,6). The maximum absolute atomic E-state index is 12.4. The molecule has 0 fully saturated rings. The topological polar surface area (TPSA) is 87.1 Å². The summed E-state index contributed by atoms with van der Waals surface area (Å²) >= 11 is 0. The van der Waals surface area contributed by atoms with Crippen LogP contribution in [0.25, 0.3) is 0 Å². The molecule has 0 saturated carbocycles. The number of hydrogen-bond donors (Lipinski definition) is 2. The molecule has 2 N–H and O–H groups in total. The number of hydrogen-bond acceptors (Lipinski definition) is 4. The predicted molar refractivity (Wildman–Crippen MR) is 70.8 cm³/mol. The lowest BCUT2D eigenvalue weighted by atomic mass is 10.2. The molecule has 0 aliphatic carbocycles. The van der Waals surface area contributed by atoms with E-state index < -0.39 is 23.7 Å². The van der Waals surface area contributed by atoms with Crippen LogP contribution in [0.3, 0.4) is 0 Å². The van der Waals surface area contributed by atoms with Crippen LogP contribution in [-0.4, -0.2) is 54.3 Å². The Labute approximate surface area is 124 Å². The molecule has 0 spiro atoms. The van der Waals surface area contributed by atoms with Gasteiger partial charge in [-0.1, -0.05) is 6.07 Å². The Morgan fingerprint density at radius 1 is 1.18 bits per heavy atom. The molecule has 6 nitrogen and oxygen atoms in total. The van der Waals surface area contributed by atoms with Crippen molar-refractivity contribution in [3.05, 3.63) is 29.8 Å². The van der Waals surface area contributed by atoms with Gasteiger partial charge in [0.2, 0.25) is 0 Å². The number of rotatable bonds is 4. The molecule has 0 bridgehead atoms. The summed E-state index contributed by atoms with van der Waals surface area (Å²) in [5, 5.41) is 14.8. The van der Waals surface area contributed by atoms with Crippen molar-refractivity contribution < 1.29 is 37.7 Å². The largest absolute Gasteiger partial charge is 0.492 e. The highest BCUT2D eigenvalue weighted by molar-refractivity contribution is 6.27. The summed E-state index contributed by atoms with van der Waals surface area (Å²) in [7, 11) is 3.74. The molecule has 124 valence electrons. The summed E-state index contributed by atoms with van der Waals surface area (Å²) in [6, 6.07) is 4.90. The maximum Gasteiger partial charge on any atom is 0.416 e. The SMILES string of the molecule is CN(C)CCOc1cccc(C(F)(F)F)c1.O=C(O)C(=O)O. The van der Waals surface area contributed by atoms with E-state index in [1.807, 2.05) is 19.0 Å². The van der Waals surface area contributed by atoms with Crippen molar-refractivity contribution in [1.29, 1.82) is 0 Å². The Hall–Kier alpha value is -2.29. The molecular formula is C13H16F3NO5. The molecule has 0 heterocycles. The summed E-state index contributed by atoms with van der Waals surface area (Å²) in [6.07, 6.45) is -4.32. The maximum atomic E-state index is 12.4. The first-order chi connectivity index (χ1) is 10.0. The zero-order valence-corrected chi connectivity index (χ0v) is 11.9. The van der Waals surface area contributed by atoms with Gasteiger partial charge in [-0.15, -0.1) is 0 Å². The minimum absolute atomic E-state index is 0.247. The Bertz CT molecular complexity index is 491. The zero-order chi connectivity index (χ0) is 17.3. The van der Waals surface area contributed by atoms with Gasteiger partial charge in [0, 0.05) is 6.54 Å². The molecular weight excluding hydrogens is 307 g/mol. The molecule has 0 atom stereocenters. The Kier molecular flexibility index (Phi) is 7.95. The number of ether oxygens (including phenoxy) is 1.